The predicted octanol–water partition coefficient (Wildman–Crippen LogP) is 3.04. The molecule has 150 valence electrons. The van der Waals surface area contributed by atoms with Crippen LogP contribution in [0.2, 0.25) is 10.0 Å². The molecule has 2 aromatic carbocycles. The summed E-state index contributed by atoms with van der Waals surface area (Å²) in [6.45, 7) is 0. The van der Waals surface area contributed by atoms with E-state index in [1.165, 1.54) is 12.4 Å². The fourth-order valence-electron chi connectivity index (χ4n) is 3.00. The van der Waals surface area contributed by atoms with Crippen LogP contribution in [0, 0.1) is 0 Å². The van der Waals surface area contributed by atoms with Gasteiger partial charge in [-0.05, 0) is 30.3 Å². The molecule has 2 amide bonds. The zero-order valence-corrected chi connectivity index (χ0v) is 16.6. The molecule has 0 fully saturated rings. The maximum Gasteiger partial charge on any atom is 0.275 e. The topological polar surface area (TPSA) is 130 Å². The fourth-order valence-corrected chi connectivity index (χ4v) is 3.40. The number of carbonyl (C=O) groups is 2. The molecular weight excluding hydrogens is 429 g/mol. The van der Waals surface area contributed by atoms with Crippen LogP contribution in [0.1, 0.15) is 20.7 Å². The van der Waals surface area contributed by atoms with Gasteiger partial charge in [-0.25, -0.2) is 0 Å². The summed E-state index contributed by atoms with van der Waals surface area (Å²) in [5, 5.41) is 1.55. The van der Waals surface area contributed by atoms with Crippen LogP contribution in [0.15, 0.2) is 53.6 Å². The standard InChI is InChI=1S/C20H13Cl2N5O3/c21-9-4-5-15-11(6-9)16(23)12(7-24-15)19(29)26-27-20(30)13-8-25-17-10(18(13)28)2-1-3-14(17)22/h1-8H,(H2,23,24)(H,25,28)(H,26,29)(H,27,30). The number of fused-ring (bicyclic) bond motifs is 2. The number of nitrogens with one attached hydrogen (secondary N) is 3. The molecule has 30 heavy (non-hydrogen) atoms. The van der Waals surface area contributed by atoms with Crippen LogP contribution >= 0.6 is 23.2 Å². The van der Waals surface area contributed by atoms with Crippen LogP contribution in [0.25, 0.3) is 21.8 Å². The van der Waals surface area contributed by atoms with Crippen molar-refractivity contribution >= 4 is 62.5 Å². The van der Waals surface area contributed by atoms with E-state index in [2.05, 4.69) is 20.8 Å². The Bertz CT molecular complexity index is 1400. The number of hydrogen-bond donors (Lipinski definition) is 4. The molecule has 2 heterocycles. The van der Waals surface area contributed by atoms with Gasteiger partial charge in [-0.2, -0.15) is 0 Å². The molecule has 0 atom stereocenters. The van der Waals surface area contributed by atoms with Gasteiger partial charge in [0.1, 0.15) is 5.56 Å². The van der Waals surface area contributed by atoms with Crippen LogP contribution in [0.4, 0.5) is 5.69 Å². The Labute approximate surface area is 179 Å². The van der Waals surface area contributed by atoms with Gasteiger partial charge in [-0.1, -0.05) is 29.3 Å². The minimum absolute atomic E-state index is 0.0456. The third-order valence-corrected chi connectivity index (χ3v) is 5.06. The van der Waals surface area contributed by atoms with E-state index in [9.17, 15) is 14.4 Å². The highest BCUT2D eigenvalue weighted by Crippen LogP contribution is 2.25. The molecule has 0 bridgehead atoms. The van der Waals surface area contributed by atoms with Crippen LogP contribution in [-0.2, 0) is 0 Å². The van der Waals surface area contributed by atoms with E-state index in [1.807, 2.05) is 0 Å². The fraction of sp³-hybridized carbons (Fsp3) is 0. The Morgan fingerprint density at radius 1 is 1.00 bits per heavy atom. The van der Waals surface area contributed by atoms with Crippen molar-refractivity contribution in [2.75, 3.05) is 5.73 Å². The van der Waals surface area contributed by atoms with E-state index in [-0.39, 0.29) is 22.2 Å². The lowest BCUT2D eigenvalue weighted by atomic mass is 10.1. The van der Waals surface area contributed by atoms with E-state index in [0.717, 1.165) is 0 Å². The van der Waals surface area contributed by atoms with Gasteiger partial charge in [0.15, 0.2) is 0 Å². The molecule has 0 aliphatic rings. The molecule has 0 spiro atoms. The molecule has 0 saturated carbocycles. The number of H-pyrrole nitrogens is 1. The number of rotatable bonds is 2. The summed E-state index contributed by atoms with van der Waals surface area (Å²) >= 11 is 12.0. The number of halogens is 2. The maximum atomic E-state index is 12.6. The second-order valence-corrected chi connectivity index (χ2v) is 7.19. The summed E-state index contributed by atoms with van der Waals surface area (Å²) in [5.41, 5.74) is 11.0. The molecule has 5 N–H and O–H groups in total. The Hall–Kier alpha value is -3.62. The molecule has 8 nitrogen and oxygen atoms in total. The number of carbonyl (C=O) groups excluding carboxylic acids is 2. The summed E-state index contributed by atoms with van der Waals surface area (Å²) in [6, 6.07) is 9.69. The monoisotopic (exact) mass is 441 g/mol. The SMILES string of the molecule is Nc1c(C(=O)NNC(=O)c2c[nH]c3c(Cl)cccc3c2=O)cnc2ccc(Cl)cc12. The minimum atomic E-state index is -0.804. The van der Waals surface area contributed by atoms with Gasteiger partial charge in [0.05, 0.1) is 27.3 Å². The van der Waals surface area contributed by atoms with Gasteiger partial charge in [-0.3, -0.25) is 30.2 Å². The van der Waals surface area contributed by atoms with Gasteiger partial charge in [0.2, 0.25) is 5.43 Å². The Kier molecular flexibility index (Phi) is 5.03. The zero-order chi connectivity index (χ0) is 21.4. The van der Waals surface area contributed by atoms with E-state index >= 15 is 0 Å². The third kappa shape index (κ3) is 3.42. The number of benzene rings is 2. The third-order valence-electron chi connectivity index (χ3n) is 4.51. The van der Waals surface area contributed by atoms with E-state index < -0.39 is 17.2 Å². The predicted molar refractivity (Wildman–Crippen MR) is 116 cm³/mol. The quantitative estimate of drug-likeness (QED) is 0.355. The number of para-hydroxylation sites is 1. The molecule has 0 aliphatic carbocycles. The first kappa shape index (κ1) is 19.7. The number of hydrogen-bond acceptors (Lipinski definition) is 5. The largest absolute Gasteiger partial charge is 0.397 e. The summed E-state index contributed by atoms with van der Waals surface area (Å²) in [7, 11) is 0. The van der Waals surface area contributed by atoms with Gasteiger partial charge >= 0.3 is 0 Å². The zero-order valence-electron chi connectivity index (χ0n) is 15.1. The first-order valence-electron chi connectivity index (χ1n) is 8.61. The van der Waals surface area contributed by atoms with E-state index in [4.69, 9.17) is 28.9 Å². The van der Waals surface area contributed by atoms with Crippen molar-refractivity contribution in [1.82, 2.24) is 20.8 Å². The average molecular weight is 442 g/mol. The molecule has 0 radical (unpaired) electrons. The molecule has 2 aromatic heterocycles. The van der Waals surface area contributed by atoms with Crippen molar-refractivity contribution in [2.24, 2.45) is 0 Å². The van der Waals surface area contributed by atoms with Crippen molar-refractivity contribution in [3.8, 4) is 0 Å². The van der Waals surface area contributed by atoms with Crippen molar-refractivity contribution in [1.29, 1.82) is 0 Å². The lowest BCUT2D eigenvalue weighted by Gasteiger charge is -2.11. The van der Waals surface area contributed by atoms with Crippen LogP contribution in [-0.4, -0.2) is 21.8 Å². The smallest absolute Gasteiger partial charge is 0.275 e. The highest BCUT2D eigenvalue weighted by molar-refractivity contribution is 6.35. The normalized spacial score (nSPS) is 10.9. The number of hydrazine groups is 1. The number of anilines is 1. The van der Waals surface area contributed by atoms with Gasteiger partial charge in [0, 0.05) is 28.2 Å². The first-order valence-corrected chi connectivity index (χ1v) is 9.36. The Morgan fingerprint density at radius 2 is 1.73 bits per heavy atom. The molecular formula is C20H13Cl2N5O3. The number of pyridine rings is 2. The molecule has 10 heteroatoms. The number of amides is 2. The molecule has 0 unspecified atom stereocenters. The molecule has 4 aromatic rings. The maximum absolute atomic E-state index is 12.6. The van der Waals surface area contributed by atoms with Crippen LogP contribution < -0.4 is 22.0 Å². The van der Waals surface area contributed by atoms with Crippen molar-refractivity contribution in [2.45, 2.75) is 0 Å². The molecule has 0 saturated heterocycles. The first-order chi connectivity index (χ1) is 14.4. The second-order valence-electron chi connectivity index (χ2n) is 6.35. The summed E-state index contributed by atoms with van der Waals surface area (Å²) in [5.74, 6) is -1.50. The highest BCUT2D eigenvalue weighted by Gasteiger charge is 2.17. The number of nitrogens with zero attached hydrogens (tertiary/aromatic N) is 1. The summed E-state index contributed by atoms with van der Waals surface area (Å²) in [6.07, 6.45) is 2.52. The van der Waals surface area contributed by atoms with E-state index in [1.54, 1.807) is 36.4 Å². The molecule has 4 rings (SSSR count). The van der Waals surface area contributed by atoms with Gasteiger partial charge in [-0.15, -0.1) is 0 Å². The van der Waals surface area contributed by atoms with Crippen molar-refractivity contribution in [3.05, 3.63) is 80.2 Å². The Balaban J connectivity index is 1.57. The summed E-state index contributed by atoms with van der Waals surface area (Å²) < 4.78 is 0. The average Bonchev–Trinajstić information content (AvgIpc) is 2.73. The van der Waals surface area contributed by atoms with E-state index in [0.29, 0.717) is 26.5 Å². The lowest BCUT2D eigenvalue weighted by molar-refractivity contribution is 0.0846. The minimum Gasteiger partial charge on any atom is -0.397 e. The number of aromatic nitrogens is 2. The highest BCUT2D eigenvalue weighted by atomic mass is 35.5. The Morgan fingerprint density at radius 3 is 2.50 bits per heavy atom. The van der Waals surface area contributed by atoms with Crippen LogP contribution in [0.5, 0.6) is 0 Å². The second kappa shape index (κ2) is 7.66. The van der Waals surface area contributed by atoms with Gasteiger partial charge < -0.3 is 10.7 Å². The lowest BCUT2D eigenvalue weighted by Crippen LogP contribution is -2.43. The number of nitrogens with two attached hydrogens (primary N) is 1. The molecule has 0 aliphatic heterocycles. The van der Waals surface area contributed by atoms with Crippen molar-refractivity contribution < 1.29 is 9.59 Å². The van der Waals surface area contributed by atoms with Crippen LogP contribution in [0.3, 0.4) is 0 Å². The summed E-state index contributed by atoms with van der Waals surface area (Å²) in [4.78, 5) is 44.5. The van der Waals surface area contributed by atoms with Gasteiger partial charge in [0.25, 0.3) is 11.8 Å². The number of aromatic amines is 1. The number of nitrogen functional groups attached to an aromatic ring is 1. The van der Waals surface area contributed by atoms with Crippen molar-refractivity contribution in [3.63, 3.8) is 0 Å².